The van der Waals surface area contributed by atoms with Crippen LogP contribution >= 0.6 is 11.3 Å². The van der Waals surface area contributed by atoms with Crippen molar-refractivity contribution < 1.29 is 17.6 Å². The molecule has 0 aliphatic rings. The van der Waals surface area contributed by atoms with Gasteiger partial charge in [0.15, 0.2) is 0 Å². The Kier molecular flexibility index (Phi) is 6.86. The van der Waals surface area contributed by atoms with Crippen LogP contribution in [0.1, 0.15) is 10.4 Å². The fourth-order valence-corrected chi connectivity index (χ4v) is 4.48. The lowest BCUT2D eigenvalue weighted by atomic mass is 10.2. The molecule has 0 spiro atoms. The maximum absolute atomic E-state index is 13.2. The third-order valence-electron chi connectivity index (χ3n) is 3.90. The van der Waals surface area contributed by atoms with E-state index < -0.39 is 28.3 Å². The topological polar surface area (TPSA) is 78.8 Å². The second-order valence-corrected chi connectivity index (χ2v) is 8.94. The summed E-state index contributed by atoms with van der Waals surface area (Å²) in [7, 11) is -3.94. The molecule has 6 nitrogen and oxygen atoms in total. The summed E-state index contributed by atoms with van der Waals surface area (Å²) < 4.78 is 40.3. The average Bonchev–Trinajstić information content (AvgIpc) is 3.23. The molecule has 0 aliphatic carbocycles. The maximum Gasteiger partial charge on any atom is 0.255 e. The molecule has 9 heteroatoms. The second-order valence-electron chi connectivity index (χ2n) is 6.02. The molecule has 1 aromatic heterocycles. The van der Waals surface area contributed by atoms with Crippen LogP contribution in [-0.4, -0.2) is 31.4 Å². The molecule has 3 rings (SSSR count). The standard InChI is InChI=1S/C20H18FN3O3S2/c21-17-10-8-16(9-11-17)14-24(29(26,27)19-6-2-1-3-7-19)15-20(25)23-22-13-18-5-4-12-28-18/h1-13H,14-15H2,(H,23,25)/b22-13+. The molecule has 1 N–H and O–H groups in total. The molecule has 0 radical (unpaired) electrons. The number of thiophene rings is 1. The Labute approximate surface area is 172 Å². The molecule has 0 atom stereocenters. The van der Waals surface area contributed by atoms with Crippen molar-refractivity contribution in [2.75, 3.05) is 6.54 Å². The van der Waals surface area contributed by atoms with Crippen molar-refractivity contribution >= 4 is 33.5 Å². The third-order valence-corrected chi connectivity index (χ3v) is 6.51. The Morgan fingerprint density at radius 3 is 2.45 bits per heavy atom. The van der Waals surface area contributed by atoms with Crippen molar-refractivity contribution in [2.24, 2.45) is 5.10 Å². The van der Waals surface area contributed by atoms with Crippen molar-refractivity contribution in [3.63, 3.8) is 0 Å². The highest BCUT2D eigenvalue weighted by atomic mass is 32.2. The first-order chi connectivity index (χ1) is 13.9. The monoisotopic (exact) mass is 431 g/mol. The fourth-order valence-electron chi connectivity index (χ4n) is 2.49. The maximum atomic E-state index is 13.2. The van der Waals surface area contributed by atoms with Gasteiger partial charge in [-0.05, 0) is 41.3 Å². The van der Waals surface area contributed by atoms with Gasteiger partial charge in [-0.3, -0.25) is 4.79 Å². The molecule has 150 valence electrons. The van der Waals surface area contributed by atoms with Gasteiger partial charge in [-0.2, -0.15) is 9.41 Å². The number of rotatable bonds is 8. The summed E-state index contributed by atoms with van der Waals surface area (Å²) >= 11 is 1.46. The van der Waals surface area contributed by atoms with E-state index in [9.17, 15) is 17.6 Å². The average molecular weight is 432 g/mol. The number of carbonyl (C=O) groups is 1. The van der Waals surface area contributed by atoms with Crippen LogP contribution in [0.25, 0.3) is 0 Å². The Morgan fingerprint density at radius 2 is 1.79 bits per heavy atom. The zero-order valence-electron chi connectivity index (χ0n) is 15.2. The Morgan fingerprint density at radius 1 is 1.07 bits per heavy atom. The van der Waals surface area contributed by atoms with Gasteiger partial charge in [0.2, 0.25) is 10.0 Å². The number of hydrazone groups is 1. The lowest BCUT2D eigenvalue weighted by Crippen LogP contribution is -2.39. The van der Waals surface area contributed by atoms with Gasteiger partial charge in [0, 0.05) is 11.4 Å². The van der Waals surface area contributed by atoms with E-state index in [1.165, 1.54) is 53.9 Å². The molecule has 0 unspecified atom stereocenters. The zero-order chi connectivity index (χ0) is 20.7. The van der Waals surface area contributed by atoms with Crippen molar-refractivity contribution in [3.8, 4) is 0 Å². The van der Waals surface area contributed by atoms with Gasteiger partial charge < -0.3 is 0 Å². The summed E-state index contributed by atoms with van der Waals surface area (Å²) in [6.07, 6.45) is 1.48. The number of halogens is 1. The van der Waals surface area contributed by atoms with E-state index in [0.717, 1.165) is 9.18 Å². The zero-order valence-corrected chi connectivity index (χ0v) is 16.9. The lowest BCUT2D eigenvalue weighted by molar-refractivity contribution is -0.121. The molecular weight excluding hydrogens is 413 g/mol. The van der Waals surface area contributed by atoms with Crippen LogP contribution in [0.3, 0.4) is 0 Å². The molecule has 29 heavy (non-hydrogen) atoms. The van der Waals surface area contributed by atoms with E-state index in [1.54, 1.807) is 18.2 Å². The van der Waals surface area contributed by atoms with Gasteiger partial charge in [-0.1, -0.05) is 36.4 Å². The van der Waals surface area contributed by atoms with Gasteiger partial charge >= 0.3 is 0 Å². The summed E-state index contributed by atoms with van der Waals surface area (Å²) in [5.41, 5.74) is 2.90. The summed E-state index contributed by atoms with van der Waals surface area (Å²) in [6, 6.07) is 17.0. The van der Waals surface area contributed by atoms with Crippen molar-refractivity contribution in [1.82, 2.24) is 9.73 Å². The van der Waals surface area contributed by atoms with Crippen LogP contribution in [0.4, 0.5) is 4.39 Å². The van der Waals surface area contributed by atoms with Gasteiger partial charge in [0.1, 0.15) is 5.82 Å². The minimum absolute atomic E-state index is 0.0667. The molecule has 1 amide bonds. The van der Waals surface area contributed by atoms with Crippen LogP contribution in [0.15, 0.2) is 82.1 Å². The van der Waals surface area contributed by atoms with Gasteiger partial charge in [-0.25, -0.2) is 18.2 Å². The summed E-state index contributed by atoms with van der Waals surface area (Å²) in [5, 5.41) is 5.73. The van der Waals surface area contributed by atoms with E-state index in [4.69, 9.17) is 0 Å². The predicted molar refractivity (Wildman–Crippen MR) is 110 cm³/mol. The second kappa shape index (κ2) is 9.55. The normalized spacial score (nSPS) is 11.8. The quantitative estimate of drug-likeness (QED) is 0.439. The molecule has 0 saturated carbocycles. The number of hydrogen-bond donors (Lipinski definition) is 1. The van der Waals surface area contributed by atoms with Crippen molar-refractivity contribution in [1.29, 1.82) is 0 Å². The smallest absolute Gasteiger partial charge is 0.255 e. The Bertz CT molecular complexity index is 1070. The lowest BCUT2D eigenvalue weighted by Gasteiger charge is -2.21. The highest BCUT2D eigenvalue weighted by molar-refractivity contribution is 7.89. The first-order valence-electron chi connectivity index (χ1n) is 8.60. The minimum atomic E-state index is -3.94. The Hall–Kier alpha value is -2.88. The summed E-state index contributed by atoms with van der Waals surface area (Å²) in [4.78, 5) is 13.2. The van der Waals surface area contributed by atoms with Crippen LogP contribution in [-0.2, 0) is 21.4 Å². The van der Waals surface area contributed by atoms with E-state index in [-0.39, 0.29) is 11.4 Å². The number of amides is 1. The highest BCUT2D eigenvalue weighted by Gasteiger charge is 2.26. The summed E-state index contributed by atoms with van der Waals surface area (Å²) in [5.74, 6) is -1.01. The molecule has 0 aliphatic heterocycles. The van der Waals surface area contributed by atoms with Gasteiger partial charge in [0.25, 0.3) is 5.91 Å². The number of carbonyl (C=O) groups excluding carboxylic acids is 1. The number of hydrogen-bond acceptors (Lipinski definition) is 5. The first kappa shape index (κ1) is 20.8. The molecule has 1 heterocycles. The van der Waals surface area contributed by atoms with E-state index in [2.05, 4.69) is 10.5 Å². The molecular formula is C20H18FN3O3S2. The van der Waals surface area contributed by atoms with E-state index in [1.807, 2.05) is 17.5 Å². The molecule has 0 saturated heterocycles. The van der Waals surface area contributed by atoms with Crippen molar-refractivity contribution in [3.05, 3.63) is 88.4 Å². The first-order valence-corrected chi connectivity index (χ1v) is 10.9. The molecule has 0 fully saturated rings. The number of nitrogens with zero attached hydrogens (tertiary/aromatic N) is 2. The van der Waals surface area contributed by atoms with Crippen LogP contribution in [0.5, 0.6) is 0 Å². The van der Waals surface area contributed by atoms with Crippen molar-refractivity contribution in [2.45, 2.75) is 11.4 Å². The largest absolute Gasteiger partial charge is 0.272 e. The number of nitrogens with one attached hydrogen (secondary N) is 1. The minimum Gasteiger partial charge on any atom is -0.272 e. The predicted octanol–water partition coefficient (Wildman–Crippen LogP) is 3.23. The van der Waals surface area contributed by atoms with Gasteiger partial charge in [0.05, 0.1) is 17.7 Å². The number of sulfonamides is 1. The van der Waals surface area contributed by atoms with E-state index >= 15 is 0 Å². The van der Waals surface area contributed by atoms with Crippen LogP contribution < -0.4 is 5.43 Å². The summed E-state index contributed by atoms with van der Waals surface area (Å²) in [6.45, 7) is -0.518. The van der Waals surface area contributed by atoms with Crippen LogP contribution in [0, 0.1) is 5.82 Å². The molecule has 2 aromatic carbocycles. The highest BCUT2D eigenvalue weighted by Crippen LogP contribution is 2.18. The van der Waals surface area contributed by atoms with Crippen LogP contribution in [0.2, 0.25) is 0 Å². The third kappa shape index (κ3) is 5.80. The Balaban J connectivity index is 1.78. The SMILES string of the molecule is O=C(CN(Cc1ccc(F)cc1)S(=O)(=O)c1ccccc1)N/N=C/c1cccs1. The molecule has 0 bridgehead atoms. The van der Waals surface area contributed by atoms with E-state index in [0.29, 0.717) is 5.56 Å². The van der Waals surface area contributed by atoms with Gasteiger partial charge in [-0.15, -0.1) is 11.3 Å². The number of benzene rings is 2. The fraction of sp³-hybridized carbons (Fsp3) is 0.100. The molecule has 3 aromatic rings.